The molecule has 1 aliphatic heterocycles. The molecule has 0 atom stereocenters. The van der Waals surface area contributed by atoms with Gasteiger partial charge in [0.2, 0.25) is 0 Å². The van der Waals surface area contributed by atoms with Crippen LogP contribution in [0.1, 0.15) is 19.3 Å². The number of nitrogens with one attached hydrogen (secondary N) is 2. The number of rotatable bonds is 6. The molecule has 0 aliphatic carbocycles. The Labute approximate surface area is 112 Å². The van der Waals surface area contributed by atoms with E-state index in [4.69, 9.17) is 0 Å². The van der Waals surface area contributed by atoms with Gasteiger partial charge in [0.25, 0.3) is 0 Å². The Hall–Kier alpha value is -1.43. The maximum Gasteiger partial charge on any atom is 0.168 e. The molecule has 19 heavy (non-hydrogen) atoms. The molecular weight excluding hydrogens is 250 g/mol. The van der Waals surface area contributed by atoms with Crippen LogP contribution < -0.4 is 10.6 Å². The Balaban J connectivity index is 1.81. The minimum Gasteiger partial charge on any atom is -0.371 e. The van der Waals surface area contributed by atoms with Gasteiger partial charge in [0, 0.05) is 19.7 Å². The summed E-state index contributed by atoms with van der Waals surface area (Å²) in [6.45, 7) is 3.96. The number of hydrogen-bond donors (Lipinski definition) is 2. The summed E-state index contributed by atoms with van der Waals surface area (Å²) < 4.78 is 26.7. The van der Waals surface area contributed by atoms with Crippen molar-refractivity contribution in [2.45, 2.75) is 19.3 Å². The predicted molar refractivity (Wildman–Crippen MR) is 72.5 cm³/mol. The lowest BCUT2D eigenvalue weighted by Crippen LogP contribution is -2.22. The van der Waals surface area contributed by atoms with E-state index in [-0.39, 0.29) is 11.6 Å². The minimum absolute atomic E-state index is 0.0587. The molecule has 0 aromatic carbocycles. The monoisotopic (exact) mass is 270 g/mol. The van der Waals surface area contributed by atoms with Crippen molar-refractivity contribution in [2.75, 3.05) is 43.9 Å². The zero-order valence-corrected chi connectivity index (χ0v) is 11.2. The summed E-state index contributed by atoms with van der Waals surface area (Å²) in [6.07, 6.45) is 3.47. The van der Waals surface area contributed by atoms with Crippen molar-refractivity contribution >= 4 is 11.6 Å². The van der Waals surface area contributed by atoms with Crippen LogP contribution in [0.3, 0.4) is 0 Å². The van der Waals surface area contributed by atoms with Gasteiger partial charge in [-0.15, -0.1) is 0 Å². The summed E-state index contributed by atoms with van der Waals surface area (Å²) in [7, 11) is 1.56. The molecule has 1 fully saturated rings. The SMILES string of the molecule is CNc1nc(NCCCN2CCCC2)c(F)cc1F. The summed E-state index contributed by atoms with van der Waals surface area (Å²) in [5, 5.41) is 5.52. The molecule has 2 heterocycles. The van der Waals surface area contributed by atoms with Crippen LogP contribution in [0.25, 0.3) is 0 Å². The molecule has 0 radical (unpaired) electrons. The van der Waals surface area contributed by atoms with Crippen LogP contribution in [0.15, 0.2) is 6.07 Å². The lowest BCUT2D eigenvalue weighted by atomic mass is 10.3. The fraction of sp³-hybridized carbons (Fsp3) is 0.615. The van der Waals surface area contributed by atoms with Crippen LogP contribution in [-0.4, -0.2) is 43.1 Å². The second kappa shape index (κ2) is 6.65. The molecule has 0 unspecified atom stereocenters. The molecule has 1 saturated heterocycles. The minimum atomic E-state index is -0.678. The molecule has 2 rings (SSSR count). The van der Waals surface area contributed by atoms with Crippen LogP contribution in [-0.2, 0) is 0 Å². The molecule has 2 N–H and O–H groups in total. The summed E-state index contributed by atoms with van der Waals surface area (Å²) in [5.74, 6) is -1.17. The maximum atomic E-state index is 13.5. The predicted octanol–water partition coefficient (Wildman–Crippen LogP) is 2.30. The second-order valence-electron chi connectivity index (χ2n) is 4.73. The van der Waals surface area contributed by atoms with Gasteiger partial charge in [-0.1, -0.05) is 0 Å². The zero-order chi connectivity index (χ0) is 13.7. The van der Waals surface area contributed by atoms with Crippen LogP contribution in [0.4, 0.5) is 20.4 Å². The van der Waals surface area contributed by atoms with Crippen molar-refractivity contribution in [1.82, 2.24) is 9.88 Å². The highest BCUT2D eigenvalue weighted by molar-refractivity contribution is 5.47. The maximum absolute atomic E-state index is 13.5. The summed E-state index contributed by atoms with van der Waals surface area (Å²) in [5.41, 5.74) is 0. The highest BCUT2D eigenvalue weighted by Crippen LogP contribution is 2.18. The Morgan fingerprint density at radius 3 is 2.58 bits per heavy atom. The van der Waals surface area contributed by atoms with Gasteiger partial charge in [-0.05, 0) is 38.9 Å². The van der Waals surface area contributed by atoms with E-state index in [1.54, 1.807) is 7.05 Å². The van der Waals surface area contributed by atoms with Crippen LogP contribution in [0.5, 0.6) is 0 Å². The van der Waals surface area contributed by atoms with E-state index in [1.807, 2.05) is 0 Å². The van der Waals surface area contributed by atoms with Gasteiger partial charge in [-0.25, -0.2) is 13.8 Å². The number of hydrogen-bond acceptors (Lipinski definition) is 4. The van der Waals surface area contributed by atoms with Crippen molar-refractivity contribution in [3.8, 4) is 0 Å². The lowest BCUT2D eigenvalue weighted by molar-refractivity contribution is 0.337. The molecular formula is C13H20F2N4. The van der Waals surface area contributed by atoms with Crippen molar-refractivity contribution < 1.29 is 8.78 Å². The molecule has 1 aromatic rings. The van der Waals surface area contributed by atoms with Gasteiger partial charge in [-0.3, -0.25) is 0 Å². The number of pyridine rings is 1. The number of nitrogens with zero attached hydrogens (tertiary/aromatic N) is 2. The zero-order valence-electron chi connectivity index (χ0n) is 11.2. The average Bonchev–Trinajstić information content (AvgIpc) is 2.90. The van der Waals surface area contributed by atoms with Crippen molar-refractivity contribution in [2.24, 2.45) is 0 Å². The van der Waals surface area contributed by atoms with Crippen LogP contribution >= 0.6 is 0 Å². The highest BCUT2D eigenvalue weighted by atomic mass is 19.1. The number of aromatic nitrogens is 1. The van der Waals surface area contributed by atoms with Gasteiger partial charge >= 0.3 is 0 Å². The van der Waals surface area contributed by atoms with E-state index in [0.717, 1.165) is 32.1 Å². The molecule has 0 saturated carbocycles. The van der Waals surface area contributed by atoms with Crippen LogP contribution in [0.2, 0.25) is 0 Å². The van der Waals surface area contributed by atoms with Crippen molar-refractivity contribution in [3.63, 3.8) is 0 Å². The van der Waals surface area contributed by atoms with Gasteiger partial charge in [0.05, 0.1) is 0 Å². The Morgan fingerprint density at radius 1 is 1.21 bits per heavy atom. The number of anilines is 2. The smallest absolute Gasteiger partial charge is 0.168 e. The first-order chi connectivity index (χ1) is 9.20. The van der Waals surface area contributed by atoms with Gasteiger partial charge < -0.3 is 15.5 Å². The van der Waals surface area contributed by atoms with Gasteiger partial charge in [0.1, 0.15) is 0 Å². The highest BCUT2D eigenvalue weighted by Gasteiger charge is 2.12. The topological polar surface area (TPSA) is 40.2 Å². The fourth-order valence-electron chi connectivity index (χ4n) is 2.28. The van der Waals surface area contributed by atoms with E-state index in [2.05, 4.69) is 20.5 Å². The second-order valence-corrected chi connectivity index (χ2v) is 4.73. The standard InChI is InChI=1S/C13H20F2N4/c1-16-12-10(14)9-11(15)13(18-12)17-5-4-8-19-6-2-3-7-19/h9H,2-8H2,1H3,(H2,16,17,18). The van der Waals surface area contributed by atoms with Crippen molar-refractivity contribution in [3.05, 3.63) is 17.7 Å². The molecule has 1 aromatic heterocycles. The fourth-order valence-corrected chi connectivity index (χ4v) is 2.28. The normalized spacial score (nSPS) is 15.7. The molecule has 4 nitrogen and oxygen atoms in total. The van der Waals surface area contributed by atoms with Crippen LogP contribution in [0, 0.1) is 11.6 Å². The molecule has 6 heteroatoms. The summed E-state index contributed by atoms with van der Waals surface area (Å²) in [4.78, 5) is 6.27. The first-order valence-corrected chi connectivity index (χ1v) is 6.70. The first kappa shape index (κ1) is 14.0. The quantitative estimate of drug-likeness (QED) is 0.778. The van der Waals surface area contributed by atoms with E-state index < -0.39 is 11.6 Å². The van der Waals surface area contributed by atoms with Gasteiger partial charge in [0.15, 0.2) is 23.3 Å². The molecule has 0 amide bonds. The third-order valence-electron chi connectivity index (χ3n) is 3.31. The lowest BCUT2D eigenvalue weighted by Gasteiger charge is -2.15. The van der Waals surface area contributed by atoms with Gasteiger partial charge in [-0.2, -0.15) is 0 Å². The average molecular weight is 270 g/mol. The summed E-state index contributed by atoms with van der Waals surface area (Å²) in [6, 6.07) is 0.849. The third kappa shape index (κ3) is 3.76. The van der Waals surface area contributed by atoms with E-state index >= 15 is 0 Å². The van der Waals surface area contributed by atoms with E-state index in [1.165, 1.54) is 12.8 Å². The molecule has 1 aliphatic rings. The van der Waals surface area contributed by atoms with E-state index in [9.17, 15) is 8.78 Å². The first-order valence-electron chi connectivity index (χ1n) is 6.70. The molecule has 0 bridgehead atoms. The third-order valence-corrected chi connectivity index (χ3v) is 3.31. The van der Waals surface area contributed by atoms with Crippen molar-refractivity contribution in [1.29, 1.82) is 0 Å². The largest absolute Gasteiger partial charge is 0.371 e. The Bertz CT molecular complexity index is 419. The number of halogens is 2. The van der Waals surface area contributed by atoms with E-state index in [0.29, 0.717) is 6.54 Å². The number of likely N-dealkylation sites (tertiary alicyclic amines) is 1. The Morgan fingerprint density at radius 2 is 1.89 bits per heavy atom. The molecule has 106 valence electrons. The molecule has 0 spiro atoms. The Kier molecular flexibility index (Phi) is 4.90. The summed E-state index contributed by atoms with van der Waals surface area (Å²) >= 11 is 0.